The predicted octanol–water partition coefficient (Wildman–Crippen LogP) is 0.675. The second kappa shape index (κ2) is 3.74. The van der Waals surface area contributed by atoms with Crippen molar-refractivity contribution in [3.05, 3.63) is 29.3 Å². The number of rotatable bonds is 2. The number of hydrogen-bond donors (Lipinski definition) is 2. The molecule has 0 saturated heterocycles. The van der Waals surface area contributed by atoms with Gasteiger partial charge < -0.3 is 10.8 Å². The number of aliphatic hydroxyl groups excluding tert-OH is 1. The number of nitrogens with two attached hydrogens (primary N) is 1. The van der Waals surface area contributed by atoms with Crippen LogP contribution in [0.5, 0.6) is 0 Å². The van der Waals surface area contributed by atoms with Gasteiger partial charge in [-0.3, -0.25) is 0 Å². The maximum atomic E-state index is 8.65. The third kappa shape index (κ3) is 1.74. The maximum Gasteiger partial charge on any atom is 0.0992 e. The van der Waals surface area contributed by atoms with Crippen LogP contribution in [-0.4, -0.2) is 11.7 Å². The Labute approximate surface area is 71.1 Å². The van der Waals surface area contributed by atoms with E-state index in [4.69, 9.17) is 16.1 Å². The standard InChI is InChI=1S/C9H10N2O/c10-6-7-1-2-8(3-4-12)9(11)5-7/h1-2,5,12H,3-4,11H2. The summed E-state index contributed by atoms with van der Waals surface area (Å²) in [5.41, 5.74) is 7.63. The molecule has 0 unspecified atom stereocenters. The van der Waals surface area contributed by atoms with Crippen molar-refractivity contribution in [1.82, 2.24) is 0 Å². The molecule has 62 valence electrons. The van der Waals surface area contributed by atoms with E-state index < -0.39 is 0 Å². The van der Waals surface area contributed by atoms with Crippen LogP contribution >= 0.6 is 0 Å². The Morgan fingerprint density at radius 1 is 1.50 bits per heavy atom. The van der Waals surface area contributed by atoms with E-state index in [1.807, 2.05) is 6.07 Å². The second-order valence-corrected chi connectivity index (χ2v) is 2.50. The summed E-state index contributed by atoms with van der Waals surface area (Å²) in [6.45, 7) is 0.0795. The van der Waals surface area contributed by atoms with Crippen LogP contribution in [0.25, 0.3) is 0 Å². The summed E-state index contributed by atoms with van der Waals surface area (Å²) in [6, 6.07) is 7.07. The first-order valence-electron chi connectivity index (χ1n) is 3.67. The van der Waals surface area contributed by atoms with Crippen molar-refractivity contribution in [2.75, 3.05) is 12.3 Å². The molecule has 0 aromatic heterocycles. The Hall–Kier alpha value is -1.53. The Morgan fingerprint density at radius 2 is 2.25 bits per heavy atom. The van der Waals surface area contributed by atoms with Gasteiger partial charge in [-0.25, -0.2) is 0 Å². The number of nitriles is 1. The molecule has 0 amide bonds. The smallest absolute Gasteiger partial charge is 0.0992 e. The number of aliphatic hydroxyl groups is 1. The lowest BCUT2D eigenvalue weighted by Crippen LogP contribution is -1.97. The predicted molar refractivity (Wildman–Crippen MR) is 46.4 cm³/mol. The normalized spacial score (nSPS) is 9.33. The molecule has 0 heterocycles. The van der Waals surface area contributed by atoms with E-state index in [9.17, 15) is 0 Å². The molecule has 0 aliphatic heterocycles. The van der Waals surface area contributed by atoms with Crippen LogP contribution in [0, 0.1) is 11.3 Å². The summed E-state index contributed by atoms with van der Waals surface area (Å²) in [5.74, 6) is 0. The quantitative estimate of drug-likeness (QED) is 0.628. The molecule has 1 aromatic carbocycles. The van der Waals surface area contributed by atoms with Gasteiger partial charge in [0.25, 0.3) is 0 Å². The molecule has 0 aliphatic carbocycles. The van der Waals surface area contributed by atoms with E-state index in [0.717, 1.165) is 5.56 Å². The molecule has 0 aliphatic rings. The van der Waals surface area contributed by atoms with Gasteiger partial charge in [0.05, 0.1) is 11.6 Å². The minimum atomic E-state index is 0.0795. The van der Waals surface area contributed by atoms with Crippen molar-refractivity contribution in [2.45, 2.75) is 6.42 Å². The van der Waals surface area contributed by atoms with Gasteiger partial charge in [-0.2, -0.15) is 5.26 Å². The van der Waals surface area contributed by atoms with Crippen LogP contribution in [0.2, 0.25) is 0 Å². The summed E-state index contributed by atoms with van der Waals surface area (Å²) in [5, 5.41) is 17.2. The van der Waals surface area contributed by atoms with Gasteiger partial charge in [-0.1, -0.05) is 6.07 Å². The molecule has 0 spiro atoms. The van der Waals surface area contributed by atoms with Crippen molar-refractivity contribution < 1.29 is 5.11 Å². The fraction of sp³-hybridized carbons (Fsp3) is 0.222. The zero-order valence-corrected chi connectivity index (χ0v) is 6.62. The Balaban J connectivity index is 2.97. The molecule has 0 fully saturated rings. The van der Waals surface area contributed by atoms with Crippen LogP contribution in [0.15, 0.2) is 18.2 Å². The molecule has 3 nitrogen and oxygen atoms in total. The molecule has 3 heteroatoms. The minimum Gasteiger partial charge on any atom is -0.398 e. The minimum absolute atomic E-state index is 0.0795. The van der Waals surface area contributed by atoms with E-state index in [1.165, 1.54) is 0 Å². The zero-order valence-electron chi connectivity index (χ0n) is 6.62. The average Bonchev–Trinajstić information content (AvgIpc) is 2.09. The lowest BCUT2D eigenvalue weighted by molar-refractivity contribution is 0.300. The summed E-state index contributed by atoms with van der Waals surface area (Å²) >= 11 is 0. The fourth-order valence-electron chi connectivity index (χ4n) is 1.01. The first-order valence-corrected chi connectivity index (χ1v) is 3.67. The molecule has 3 N–H and O–H groups in total. The molecule has 0 saturated carbocycles. The Bertz CT molecular complexity index is 315. The van der Waals surface area contributed by atoms with E-state index in [-0.39, 0.29) is 6.61 Å². The van der Waals surface area contributed by atoms with Crippen LogP contribution in [0.1, 0.15) is 11.1 Å². The number of nitrogen functional groups attached to an aromatic ring is 1. The fourth-order valence-corrected chi connectivity index (χ4v) is 1.01. The van der Waals surface area contributed by atoms with E-state index >= 15 is 0 Å². The molecule has 1 rings (SSSR count). The van der Waals surface area contributed by atoms with Gasteiger partial charge in [0.2, 0.25) is 0 Å². The number of hydrogen-bond acceptors (Lipinski definition) is 3. The van der Waals surface area contributed by atoms with Crippen LogP contribution < -0.4 is 5.73 Å². The van der Waals surface area contributed by atoms with Crippen molar-refractivity contribution >= 4 is 5.69 Å². The second-order valence-electron chi connectivity index (χ2n) is 2.50. The summed E-state index contributed by atoms with van der Waals surface area (Å²) in [7, 11) is 0. The molecule has 0 radical (unpaired) electrons. The third-order valence-corrected chi connectivity index (χ3v) is 1.66. The largest absolute Gasteiger partial charge is 0.398 e. The topological polar surface area (TPSA) is 70.0 Å². The van der Waals surface area contributed by atoms with E-state index in [0.29, 0.717) is 17.7 Å². The van der Waals surface area contributed by atoms with Gasteiger partial charge in [0.15, 0.2) is 0 Å². The van der Waals surface area contributed by atoms with Crippen molar-refractivity contribution in [2.24, 2.45) is 0 Å². The summed E-state index contributed by atoms with van der Waals surface area (Å²) in [4.78, 5) is 0. The van der Waals surface area contributed by atoms with Crippen molar-refractivity contribution in [1.29, 1.82) is 5.26 Å². The van der Waals surface area contributed by atoms with Crippen molar-refractivity contribution in [3.8, 4) is 6.07 Å². The van der Waals surface area contributed by atoms with Gasteiger partial charge in [-0.05, 0) is 24.1 Å². The summed E-state index contributed by atoms with van der Waals surface area (Å²) in [6.07, 6.45) is 0.539. The maximum absolute atomic E-state index is 8.65. The van der Waals surface area contributed by atoms with Crippen LogP contribution in [0.4, 0.5) is 5.69 Å². The lowest BCUT2D eigenvalue weighted by Gasteiger charge is -2.02. The highest BCUT2D eigenvalue weighted by atomic mass is 16.2. The third-order valence-electron chi connectivity index (χ3n) is 1.66. The first kappa shape index (κ1) is 8.57. The van der Waals surface area contributed by atoms with Gasteiger partial charge in [0.1, 0.15) is 0 Å². The van der Waals surface area contributed by atoms with E-state index in [1.54, 1.807) is 18.2 Å². The SMILES string of the molecule is N#Cc1ccc(CCO)c(N)c1. The Kier molecular flexibility index (Phi) is 2.67. The molecule has 1 aromatic rings. The van der Waals surface area contributed by atoms with Crippen LogP contribution in [0.3, 0.4) is 0 Å². The van der Waals surface area contributed by atoms with E-state index in [2.05, 4.69) is 0 Å². The molecular weight excluding hydrogens is 152 g/mol. The summed E-state index contributed by atoms with van der Waals surface area (Å²) < 4.78 is 0. The highest BCUT2D eigenvalue weighted by Crippen LogP contribution is 2.13. The highest BCUT2D eigenvalue weighted by Gasteiger charge is 1.98. The van der Waals surface area contributed by atoms with Gasteiger partial charge >= 0.3 is 0 Å². The van der Waals surface area contributed by atoms with Gasteiger partial charge in [0, 0.05) is 12.3 Å². The monoisotopic (exact) mass is 162 g/mol. The lowest BCUT2D eigenvalue weighted by atomic mass is 10.1. The van der Waals surface area contributed by atoms with Gasteiger partial charge in [-0.15, -0.1) is 0 Å². The Morgan fingerprint density at radius 3 is 2.75 bits per heavy atom. The van der Waals surface area contributed by atoms with Crippen molar-refractivity contribution in [3.63, 3.8) is 0 Å². The number of benzene rings is 1. The number of nitrogens with zero attached hydrogens (tertiary/aromatic N) is 1. The highest BCUT2D eigenvalue weighted by molar-refractivity contribution is 5.52. The molecule has 0 atom stereocenters. The average molecular weight is 162 g/mol. The van der Waals surface area contributed by atoms with Crippen LogP contribution in [-0.2, 0) is 6.42 Å². The molecular formula is C9H10N2O. The zero-order chi connectivity index (χ0) is 8.97. The molecule has 0 bridgehead atoms. The molecule has 12 heavy (non-hydrogen) atoms. The first-order chi connectivity index (χ1) is 5.77. The number of anilines is 1.